The Morgan fingerprint density at radius 3 is 2.32 bits per heavy atom. The number of rotatable bonds is 9. The van der Waals surface area contributed by atoms with Crippen molar-refractivity contribution in [2.24, 2.45) is 5.92 Å². The number of hydrogen-bond acceptors (Lipinski definition) is 7. The van der Waals surface area contributed by atoms with Crippen LogP contribution >= 0.6 is 0 Å². The maximum Gasteiger partial charge on any atom is 0.309 e. The van der Waals surface area contributed by atoms with Crippen molar-refractivity contribution < 1.29 is 27.5 Å². The monoisotopic (exact) mass is 485 g/mol. The molecule has 0 aliphatic carbocycles. The highest BCUT2D eigenvalue weighted by atomic mass is 32.2. The molecule has 9 nitrogen and oxygen atoms in total. The third kappa shape index (κ3) is 6.12. The molecule has 34 heavy (non-hydrogen) atoms. The molecule has 0 aromatic heterocycles. The van der Waals surface area contributed by atoms with Crippen molar-refractivity contribution in [1.29, 1.82) is 5.26 Å². The standard InChI is InChI=1S/C24H27N3O6S/c1-32-21-8-10-22(11-9-21)34(30,31)26-16-12-19(13-17-26)24(29)33-18-23(28)27(15-5-14-25)20-6-3-2-4-7-20/h2-4,6-11,19H,5,12-13,15-18H2,1H3. The van der Waals surface area contributed by atoms with Crippen LogP contribution in [0.3, 0.4) is 0 Å². The number of hydrogen-bond donors (Lipinski definition) is 0. The van der Waals surface area contributed by atoms with Gasteiger partial charge in [-0.2, -0.15) is 9.57 Å². The molecule has 0 saturated carbocycles. The summed E-state index contributed by atoms with van der Waals surface area (Å²) in [6.45, 7) is 0.114. The van der Waals surface area contributed by atoms with E-state index in [4.69, 9.17) is 14.7 Å². The van der Waals surface area contributed by atoms with E-state index in [1.165, 1.54) is 28.4 Å². The van der Waals surface area contributed by atoms with E-state index in [1.54, 1.807) is 36.4 Å². The predicted octanol–water partition coefficient (Wildman–Crippen LogP) is 2.59. The Bertz CT molecular complexity index is 1120. The predicted molar refractivity (Wildman–Crippen MR) is 124 cm³/mol. The number of amides is 1. The number of para-hydroxylation sites is 1. The quantitative estimate of drug-likeness (QED) is 0.501. The summed E-state index contributed by atoms with van der Waals surface area (Å²) >= 11 is 0. The molecule has 180 valence electrons. The molecule has 0 unspecified atom stereocenters. The lowest BCUT2D eigenvalue weighted by Gasteiger charge is -2.30. The van der Waals surface area contributed by atoms with Gasteiger partial charge in [0.25, 0.3) is 5.91 Å². The Labute approximate surface area is 199 Å². The molecule has 0 spiro atoms. The highest BCUT2D eigenvalue weighted by Crippen LogP contribution is 2.26. The first-order valence-corrected chi connectivity index (χ1v) is 12.3. The van der Waals surface area contributed by atoms with Gasteiger partial charge in [0.15, 0.2) is 6.61 Å². The van der Waals surface area contributed by atoms with Crippen LogP contribution in [0.2, 0.25) is 0 Å². The first kappa shape index (κ1) is 25.2. The summed E-state index contributed by atoms with van der Waals surface area (Å²) in [6, 6.07) is 17.0. The molecule has 2 aromatic carbocycles. The van der Waals surface area contributed by atoms with Gasteiger partial charge in [-0.05, 0) is 49.2 Å². The highest BCUT2D eigenvalue weighted by Gasteiger charge is 2.33. The van der Waals surface area contributed by atoms with Gasteiger partial charge in [-0.3, -0.25) is 9.59 Å². The summed E-state index contributed by atoms with van der Waals surface area (Å²) in [4.78, 5) is 26.8. The second-order valence-corrected chi connectivity index (χ2v) is 9.69. The van der Waals surface area contributed by atoms with Crippen LogP contribution in [0.1, 0.15) is 19.3 Å². The Morgan fingerprint density at radius 2 is 1.74 bits per heavy atom. The lowest BCUT2D eigenvalue weighted by atomic mass is 9.98. The van der Waals surface area contributed by atoms with Crippen LogP contribution in [0.25, 0.3) is 0 Å². The molecule has 0 radical (unpaired) electrons. The van der Waals surface area contributed by atoms with E-state index in [-0.39, 0.29) is 31.0 Å². The van der Waals surface area contributed by atoms with Crippen molar-refractivity contribution in [2.45, 2.75) is 24.2 Å². The number of piperidine rings is 1. The number of methoxy groups -OCH3 is 1. The smallest absolute Gasteiger partial charge is 0.309 e. The lowest BCUT2D eigenvalue weighted by Crippen LogP contribution is -2.41. The van der Waals surface area contributed by atoms with Gasteiger partial charge in [0.1, 0.15) is 5.75 Å². The van der Waals surface area contributed by atoms with Gasteiger partial charge in [-0.15, -0.1) is 0 Å². The number of esters is 1. The second-order valence-electron chi connectivity index (χ2n) is 7.75. The van der Waals surface area contributed by atoms with Gasteiger partial charge in [0.2, 0.25) is 10.0 Å². The van der Waals surface area contributed by atoms with E-state index in [0.29, 0.717) is 24.3 Å². The first-order chi connectivity index (χ1) is 16.4. The summed E-state index contributed by atoms with van der Waals surface area (Å²) in [6.07, 6.45) is 0.758. The Balaban J connectivity index is 1.53. The van der Waals surface area contributed by atoms with Crippen molar-refractivity contribution >= 4 is 27.6 Å². The average molecular weight is 486 g/mol. The number of carbonyl (C=O) groups excluding carboxylic acids is 2. The molecule has 1 fully saturated rings. The van der Waals surface area contributed by atoms with Crippen LogP contribution in [0.15, 0.2) is 59.5 Å². The molecule has 0 N–H and O–H groups in total. The van der Waals surface area contributed by atoms with E-state index in [0.717, 1.165) is 0 Å². The van der Waals surface area contributed by atoms with Gasteiger partial charge in [0.05, 0.1) is 30.4 Å². The average Bonchev–Trinajstić information content (AvgIpc) is 2.88. The van der Waals surface area contributed by atoms with Crippen molar-refractivity contribution in [3.63, 3.8) is 0 Å². The van der Waals surface area contributed by atoms with Gasteiger partial charge in [-0.1, -0.05) is 18.2 Å². The number of carbonyl (C=O) groups is 2. The molecule has 1 saturated heterocycles. The molecule has 0 atom stereocenters. The maximum absolute atomic E-state index is 12.9. The van der Waals surface area contributed by atoms with Crippen LogP contribution in [-0.4, -0.2) is 58.0 Å². The molecule has 3 rings (SSSR count). The Morgan fingerprint density at radius 1 is 1.09 bits per heavy atom. The van der Waals surface area contributed by atoms with Crippen molar-refractivity contribution in [1.82, 2.24) is 4.31 Å². The van der Waals surface area contributed by atoms with Crippen LogP contribution in [0, 0.1) is 17.2 Å². The van der Waals surface area contributed by atoms with Crippen molar-refractivity contribution in [2.75, 3.05) is 38.3 Å². The van der Waals surface area contributed by atoms with Crippen LogP contribution in [-0.2, 0) is 24.3 Å². The van der Waals surface area contributed by atoms with E-state index in [9.17, 15) is 18.0 Å². The number of anilines is 1. The minimum absolute atomic E-state index is 0.149. The summed E-state index contributed by atoms with van der Waals surface area (Å²) in [7, 11) is -2.17. The molecule has 1 amide bonds. The fraction of sp³-hybridized carbons (Fsp3) is 0.375. The number of benzene rings is 2. The minimum Gasteiger partial charge on any atom is -0.497 e. The number of nitrogens with zero attached hydrogens (tertiary/aromatic N) is 3. The fourth-order valence-corrected chi connectivity index (χ4v) is 5.19. The Hall–Kier alpha value is -3.42. The summed E-state index contributed by atoms with van der Waals surface area (Å²) in [5, 5.41) is 8.88. The van der Waals surface area contributed by atoms with Gasteiger partial charge < -0.3 is 14.4 Å². The molecular weight excluding hydrogens is 458 g/mol. The van der Waals surface area contributed by atoms with Crippen molar-refractivity contribution in [3.05, 3.63) is 54.6 Å². The Kier molecular flexibility index (Phi) is 8.62. The molecule has 1 aliphatic heterocycles. The normalized spacial score (nSPS) is 14.7. The maximum atomic E-state index is 12.9. The van der Waals surface area contributed by atoms with E-state index in [1.807, 2.05) is 12.1 Å². The molecule has 10 heteroatoms. The minimum atomic E-state index is -3.67. The number of nitriles is 1. The molecule has 1 heterocycles. The molecule has 1 aliphatic rings. The van der Waals surface area contributed by atoms with E-state index in [2.05, 4.69) is 0 Å². The zero-order chi connectivity index (χ0) is 24.6. The lowest BCUT2D eigenvalue weighted by molar-refractivity contribution is -0.153. The zero-order valence-electron chi connectivity index (χ0n) is 18.9. The van der Waals surface area contributed by atoms with Gasteiger partial charge >= 0.3 is 5.97 Å². The first-order valence-electron chi connectivity index (χ1n) is 10.9. The third-order valence-corrected chi connectivity index (χ3v) is 7.55. The van der Waals surface area contributed by atoms with Gasteiger partial charge in [-0.25, -0.2) is 8.42 Å². The summed E-state index contributed by atoms with van der Waals surface area (Å²) < 4.78 is 37.4. The molecule has 2 aromatic rings. The second kappa shape index (κ2) is 11.6. The molecular formula is C24H27N3O6S. The highest BCUT2D eigenvalue weighted by molar-refractivity contribution is 7.89. The SMILES string of the molecule is COc1ccc(S(=O)(=O)N2CCC(C(=O)OCC(=O)N(CCC#N)c3ccccc3)CC2)cc1. The summed E-state index contributed by atoms with van der Waals surface area (Å²) in [5.74, 6) is -0.870. The van der Waals surface area contributed by atoms with Crippen LogP contribution in [0.4, 0.5) is 5.69 Å². The molecule has 0 bridgehead atoms. The van der Waals surface area contributed by atoms with Crippen LogP contribution in [0.5, 0.6) is 5.75 Å². The largest absolute Gasteiger partial charge is 0.497 e. The topological polar surface area (TPSA) is 117 Å². The zero-order valence-corrected chi connectivity index (χ0v) is 19.7. The summed E-state index contributed by atoms with van der Waals surface area (Å²) in [5.41, 5.74) is 0.621. The van der Waals surface area contributed by atoms with E-state index < -0.39 is 34.4 Å². The van der Waals surface area contributed by atoms with E-state index >= 15 is 0 Å². The third-order valence-electron chi connectivity index (χ3n) is 5.64. The number of ether oxygens (including phenoxy) is 2. The number of sulfonamides is 1. The van der Waals surface area contributed by atoms with Crippen LogP contribution < -0.4 is 9.64 Å². The fourth-order valence-electron chi connectivity index (χ4n) is 3.72. The van der Waals surface area contributed by atoms with Crippen molar-refractivity contribution in [3.8, 4) is 11.8 Å². The van der Waals surface area contributed by atoms with Gasteiger partial charge in [0, 0.05) is 25.3 Å².